The average molecular weight is 416 g/mol. The topological polar surface area (TPSA) is 88.0 Å². The molecule has 30 heavy (non-hydrogen) atoms. The summed E-state index contributed by atoms with van der Waals surface area (Å²) < 4.78 is 18.8. The Morgan fingerprint density at radius 2 is 1.80 bits per heavy atom. The normalized spacial score (nSPS) is 15.0. The minimum Gasteiger partial charge on any atom is -0.494 e. The number of ether oxygens (including phenoxy) is 1. The van der Waals surface area contributed by atoms with E-state index in [0.29, 0.717) is 25.2 Å². The number of rotatable bonds is 8. The van der Waals surface area contributed by atoms with Gasteiger partial charge in [0.15, 0.2) is 11.6 Å². The third-order valence-electron chi connectivity index (χ3n) is 5.10. The van der Waals surface area contributed by atoms with Gasteiger partial charge in [-0.2, -0.15) is 0 Å². The molecule has 0 atom stereocenters. The number of carbonyl (C=O) groups excluding carboxylic acids is 1. The van der Waals surface area contributed by atoms with Crippen molar-refractivity contribution >= 4 is 17.3 Å². The number of nitrogens with one attached hydrogen (secondary N) is 1. The molecule has 0 unspecified atom stereocenters. The van der Waals surface area contributed by atoms with Crippen LogP contribution in [-0.2, 0) is 11.3 Å². The number of halogens is 1. The molecule has 160 valence electrons. The summed E-state index contributed by atoms with van der Waals surface area (Å²) in [6.45, 7) is 4.68. The smallest absolute Gasteiger partial charge is 0.269 e. The lowest BCUT2D eigenvalue weighted by molar-refractivity contribution is -0.384. The number of non-ortho nitro benzene ring substituents is 1. The highest BCUT2D eigenvalue weighted by Crippen LogP contribution is 2.19. The molecule has 0 bridgehead atoms. The fraction of sp³-hybridized carbons (Fsp3) is 0.381. The van der Waals surface area contributed by atoms with E-state index < -0.39 is 4.92 Å². The van der Waals surface area contributed by atoms with Gasteiger partial charge in [-0.3, -0.25) is 19.8 Å². The van der Waals surface area contributed by atoms with Crippen molar-refractivity contribution < 1.29 is 18.8 Å². The van der Waals surface area contributed by atoms with Crippen molar-refractivity contribution in [2.75, 3.05) is 45.2 Å². The van der Waals surface area contributed by atoms with Crippen LogP contribution in [0.25, 0.3) is 0 Å². The van der Waals surface area contributed by atoms with Crippen molar-refractivity contribution in [2.24, 2.45) is 0 Å². The third-order valence-corrected chi connectivity index (χ3v) is 5.10. The Morgan fingerprint density at radius 1 is 1.13 bits per heavy atom. The molecule has 2 aromatic rings. The molecule has 0 saturated carbocycles. The largest absolute Gasteiger partial charge is 0.494 e. The van der Waals surface area contributed by atoms with E-state index in [4.69, 9.17) is 4.74 Å². The second-order valence-corrected chi connectivity index (χ2v) is 7.19. The molecular weight excluding hydrogens is 391 g/mol. The minimum atomic E-state index is -0.476. The summed E-state index contributed by atoms with van der Waals surface area (Å²) in [7, 11) is 1.45. The van der Waals surface area contributed by atoms with Gasteiger partial charge in [-0.25, -0.2) is 4.39 Å². The fourth-order valence-corrected chi connectivity index (χ4v) is 3.39. The first-order chi connectivity index (χ1) is 14.4. The summed E-state index contributed by atoms with van der Waals surface area (Å²) in [4.78, 5) is 26.8. The molecule has 2 aromatic carbocycles. The van der Waals surface area contributed by atoms with Crippen LogP contribution in [0.3, 0.4) is 0 Å². The molecule has 1 heterocycles. The number of nitrogens with zero attached hydrogens (tertiary/aromatic N) is 3. The predicted octanol–water partition coefficient (Wildman–Crippen LogP) is 2.89. The highest BCUT2D eigenvalue weighted by Gasteiger charge is 2.18. The Morgan fingerprint density at radius 3 is 2.40 bits per heavy atom. The Hall–Kier alpha value is -3.04. The van der Waals surface area contributed by atoms with Gasteiger partial charge >= 0.3 is 0 Å². The molecule has 9 heteroatoms. The van der Waals surface area contributed by atoms with Crippen LogP contribution in [0, 0.1) is 15.9 Å². The summed E-state index contributed by atoms with van der Waals surface area (Å²) in [6, 6.07) is 10.8. The van der Waals surface area contributed by atoms with E-state index in [1.807, 2.05) is 6.07 Å². The lowest BCUT2D eigenvalue weighted by atomic mass is 10.1. The Kier molecular flexibility index (Phi) is 7.31. The maximum atomic E-state index is 13.8. The maximum absolute atomic E-state index is 13.8. The number of methoxy groups -OCH3 is 1. The number of benzene rings is 2. The molecule has 1 saturated heterocycles. The quantitative estimate of drug-likeness (QED) is 0.526. The summed E-state index contributed by atoms with van der Waals surface area (Å²) in [6.07, 6.45) is 0.348. The number of nitro benzene ring substituents is 1. The molecule has 1 fully saturated rings. The number of nitro groups is 1. The Balaban J connectivity index is 1.38. The zero-order chi connectivity index (χ0) is 21.5. The third kappa shape index (κ3) is 5.98. The first-order valence-corrected chi connectivity index (χ1v) is 9.76. The van der Waals surface area contributed by atoms with Crippen molar-refractivity contribution in [3.8, 4) is 5.75 Å². The Bertz CT molecular complexity index is 883. The lowest BCUT2D eigenvalue weighted by Gasteiger charge is -2.34. The summed E-state index contributed by atoms with van der Waals surface area (Å²) in [5.41, 5.74) is 1.44. The van der Waals surface area contributed by atoms with Gasteiger partial charge in [-0.15, -0.1) is 0 Å². The minimum absolute atomic E-state index is 0.0109. The van der Waals surface area contributed by atoms with Gasteiger partial charge < -0.3 is 15.0 Å². The van der Waals surface area contributed by atoms with Gasteiger partial charge in [0.1, 0.15) is 0 Å². The molecule has 1 aliphatic heterocycles. The number of carbonyl (C=O) groups is 1. The maximum Gasteiger partial charge on any atom is 0.269 e. The molecule has 1 N–H and O–H groups in total. The van der Waals surface area contributed by atoms with Gasteiger partial charge in [0.25, 0.3) is 5.69 Å². The van der Waals surface area contributed by atoms with E-state index in [1.165, 1.54) is 37.4 Å². The van der Waals surface area contributed by atoms with E-state index in [1.54, 1.807) is 6.07 Å². The van der Waals surface area contributed by atoms with Crippen LogP contribution in [0.5, 0.6) is 5.75 Å². The van der Waals surface area contributed by atoms with Crippen LogP contribution in [0.4, 0.5) is 15.8 Å². The number of piperazine rings is 1. The predicted molar refractivity (Wildman–Crippen MR) is 111 cm³/mol. The van der Waals surface area contributed by atoms with E-state index in [9.17, 15) is 19.3 Å². The number of hydrogen-bond donors (Lipinski definition) is 1. The van der Waals surface area contributed by atoms with Crippen molar-refractivity contribution in [3.63, 3.8) is 0 Å². The van der Waals surface area contributed by atoms with Gasteiger partial charge in [0.05, 0.1) is 12.0 Å². The van der Waals surface area contributed by atoms with E-state index in [0.717, 1.165) is 31.7 Å². The fourth-order valence-electron chi connectivity index (χ4n) is 3.39. The van der Waals surface area contributed by atoms with E-state index >= 15 is 0 Å². The van der Waals surface area contributed by atoms with Crippen LogP contribution >= 0.6 is 0 Å². The number of hydrogen-bond acceptors (Lipinski definition) is 6. The van der Waals surface area contributed by atoms with Crippen molar-refractivity contribution in [2.45, 2.75) is 13.0 Å². The molecular formula is C21H25FN4O4. The summed E-state index contributed by atoms with van der Waals surface area (Å²) >= 11 is 0. The summed E-state index contributed by atoms with van der Waals surface area (Å²) in [5.74, 6) is -0.233. The number of amides is 1. The highest BCUT2D eigenvalue weighted by molar-refractivity contribution is 5.90. The second-order valence-electron chi connectivity index (χ2n) is 7.19. The highest BCUT2D eigenvalue weighted by atomic mass is 19.1. The number of anilines is 1. The monoisotopic (exact) mass is 416 g/mol. The van der Waals surface area contributed by atoms with Crippen LogP contribution in [0.15, 0.2) is 42.5 Å². The Labute approximate surface area is 174 Å². The first kappa shape index (κ1) is 21.7. The zero-order valence-electron chi connectivity index (χ0n) is 16.8. The van der Waals surface area contributed by atoms with Gasteiger partial charge in [-0.1, -0.05) is 6.07 Å². The van der Waals surface area contributed by atoms with Crippen molar-refractivity contribution in [1.29, 1.82) is 0 Å². The first-order valence-electron chi connectivity index (χ1n) is 9.76. The van der Waals surface area contributed by atoms with Crippen LogP contribution in [-0.4, -0.2) is 60.5 Å². The van der Waals surface area contributed by atoms with Crippen molar-refractivity contribution in [3.05, 3.63) is 64.0 Å². The van der Waals surface area contributed by atoms with Gasteiger partial charge in [-0.05, 0) is 29.8 Å². The molecule has 8 nitrogen and oxygen atoms in total. The SMILES string of the molecule is COc1ccc(CN2CCN(CCC(=O)Nc3ccc([N+](=O)[O-])cc3)CC2)cc1F. The average Bonchev–Trinajstić information content (AvgIpc) is 2.74. The van der Waals surface area contributed by atoms with Crippen LogP contribution in [0.1, 0.15) is 12.0 Å². The van der Waals surface area contributed by atoms with E-state index in [-0.39, 0.29) is 23.2 Å². The zero-order valence-corrected chi connectivity index (χ0v) is 16.8. The molecule has 0 aliphatic carbocycles. The lowest BCUT2D eigenvalue weighted by Crippen LogP contribution is -2.46. The standard InChI is InChI=1S/C21H25FN4O4/c1-30-20-7-2-16(14-19(20)22)15-25-12-10-24(11-13-25)9-8-21(27)23-17-3-5-18(6-4-17)26(28)29/h2-7,14H,8-13,15H2,1H3,(H,23,27). The van der Waals surface area contributed by atoms with Gasteiger partial charge in [0.2, 0.25) is 5.91 Å². The molecule has 0 spiro atoms. The molecule has 1 aliphatic rings. The van der Waals surface area contributed by atoms with Crippen LogP contribution < -0.4 is 10.1 Å². The van der Waals surface area contributed by atoms with Crippen LogP contribution in [0.2, 0.25) is 0 Å². The van der Waals surface area contributed by atoms with Crippen molar-refractivity contribution in [1.82, 2.24) is 9.80 Å². The van der Waals surface area contributed by atoms with E-state index in [2.05, 4.69) is 15.1 Å². The van der Waals surface area contributed by atoms with Gasteiger partial charge in [0, 0.05) is 63.5 Å². The molecule has 3 rings (SSSR count). The second kappa shape index (κ2) is 10.1. The molecule has 0 radical (unpaired) electrons. The summed E-state index contributed by atoms with van der Waals surface area (Å²) in [5, 5.41) is 13.4. The molecule has 0 aromatic heterocycles. The molecule has 1 amide bonds.